The van der Waals surface area contributed by atoms with Gasteiger partial charge < -0.3 is 19.3 Å². The van der Waals surface area contributed by atoms with Gasteiger partial charge in [0.15, 0.2) is 5.79 Å². The first kappa shape index (κ1) is 20.9. The third-order valence-electron chi connectivity index (χ3n) is 4.11. The molecule has 0 amide bonds. The highest BCUT2D eigenvalue weighted by atomic mass is 28.3. The van der Waals surface area contributed by atoms with Crippen LogP contribution in [-0.2, 0) is 19.0 Å². The Balaban J connectivity index is 2.11. The van der Waals surface area contributed by atoms with E-state index >= 15 is 0 Å². The minimum Gasteiger partial charge on any atom is -0.455 e. The van der Waals surface area contributed by atoms with Crippen LogP contribution in [0.5, 0.6) is 0 Å². The fourth-order valence-corrected chi connectivity index (χ4v) is 3.61. The molecule has 26 heavy (non-hydrogen) atoms. The number of aliphatic hydroxyl groups is 1. The molecule has 2 aliphatic heterocycles. The van der Waals surface area contributed by atoms with E-state index in [0.717, 1.165) is 0 Å². The van der Waals surface area contributed by atoms with Crippen molar-refractivity contribution in [1.29, 1.82) is 0 Å². The van der Waals surface area contributed by atoms with Crippen molar-refractivity contribution < 1.29 is 24.1 Å². The van der Waals surface area contributed by atoms with E-state index in [1.165, 1.54) is 6.08 Å². The highest BCUT2D eigenvalue weighted by molar-refractivity contribution is 6.83. The molecule has 1 unspecified atom stereocenters. The van der Waals surface area contributed by atoms with Crippen molar-refractivity contribution in [3.8, 4) is 11.5 Å². The Morgan fingerprint density at radius 2 is 2.08 bits per heavy atom. The molecule has 0 spiro atoms. The summed E-state index contributed by atoms with van der Waals surface area (Å²) < 4.78 is 17.4. The third kappa shape index (κ3) is 6.10. The second-order valence-electron chi connectivity index (χ2n) is 8.54. The van der Waals surface area contributed by atoms with Crippen molar-refractivity contribution >= 4 is 14.0 Å². The highest BCUT2D eigenvalue weighted by Crippen LogP contribution is 2.39. The molecular weight excluding hydrogens is 348 g/mol. The smallest absolute Gasteiger partial charge is 0.331 e. The Bertz CT molecular complexity index is 649. The van der Waals surface area contributed by atoms with Crippen LogP contribution >= 0.6 is 0 Å². The number of esters is 1. The van der Waals surface area contributed by atoms with Gasteiger partial charge in [-0.3, -0.25) is 0 Å². The van der Waals surface area contributed by atoms with Gasteiger partial charge in [-0.15, -0.1) is 5.54 Å². The second-order valence-corrected chi connectivity index (χ2v) is 13.3. The number of rotatable bonds is 4. The zero-order chi connectivity index (χ0) is 19.6. The van der Waals surface area contributed by atoms with Crippen molar-refractivity contribution in [3.63, 3.8) is 0 Å². The monoisotopic (exact) mass is 378 g/mol. The summed E-state index contributed by atoms with van der Waals surface area (Å²) in [6.45, 7) is 12.0. The van der Waals surface area contributed by atoms with E-state index in [1.807, 2.05) is 32.9 Å². The number of hydrogen-bond donors (Lipinski definition) is 1. The van der Waals surface area contributed by atoms with Gasteiger partial charge in [0.1, 0.15) is 25.9 Å². The van der Waals surface area contributed by atoms with Crippen LogP contribution in [0.25, 0.3) is 0 Å². The van der Waals surface area contributed by atoms with Crippen LogP contribution in [0.15, 0.2) is 24.3 Å². The molecule has 1 N–H and O–H groups in total. The Kier molecular flexibility index (Phi) is 6.19. The SMILES string of the molecule is CC1(C)O[C@H](CC(O)C#C[Si](C)(C)C)[C@](C)(/C=C/[C@H]2CC=CC(=O)O2)O1. The van der Waals surface area contributed by atoms with Crippen LogP contribution in [0, 0.1) is 11.5 Å². The normalized spacial score (nSPS) is 32.2. The lowest BCUT2D eigenvalue weighted by Crippen LogP contribution is -2.37. The van der Waals surface area contributed by atoms with Gasteiger partial charge in [-0.05, 0) is 26.8 Å². The average Bonchev–Trinajstić information content (AvgIpc) is 2.72. The molecule has 0 saturated carbocycles. The summed E-state index contributed by atoms with van der Waals surface area (Å²) in [5.74, 6) is 1.85. The maximum atomic E-state index is 11.4. The first-order valence-electron chi connectivity index (χ1n) is 9.04. The van der Waals surface area contributed by atoms with Gasteiger partial charge in [-0.1, -0.05) is 37.7 Å². The lowest BCUT2D eigenvalue weighted by Gasteiger charge is -2.27. The molecule has 0 bridgehead atoms. The Labute approximate surface area is 157 Å². The zero-order valence-corrected chi connectivity index (χ0v) is 17.5. The Morgan fingerprint density at radius 1 is 1.38 bits per heavy atom. The lowest BCUT2D eigenvalue weighted by atomic mass is 9.93. The molecule has 1 fully saturated rings. The van der Waals surface area contributed by atoms with E-state index < -0.39 is 25.6 Å². The summed E-state index contributed by atoms with van der Waals surface area (Å²) in [5.41, 5.74) is 2.45. The minimum absolute atomic E-state index is 0.311. The first-order valence-corrected chi connectivity index (χ1v) is 12.5. The van der Waals surface area contributed by atoms with Crippen LogP contribution in [0.2, 0.25) is 19.6 Å². The molecule has 4 atom stereocenters. The quantitative estimate of drug-likeness (QED) is 0.353. The number of hydrogen-bond acceptors (Lipinski definition) is 5. The van der Waals surface area contributed by atoms with Gasteiger partial charge in [0.25, 0.3) is 0 Å². The molecule has 0 radical (unpaired) electrons. The van der Waals surface area contributed by atoms with Crippen LogP contribution in [0.1, 0.15) is 33.6 Å². The standard InChI is InChI=1S/C20H30O5Si/c1-19(2)24-17(14-15(21)11-13-26(4,5)6)20(3,25-19)12-10-16-8-7-9-18(22)23-16/h7,9-10,12,15-17,21H,8,14H2,1-6H3/b12-10+/t15?,16-,17-,20+/m1/s1. The third-order valence-corrected chi connectivity index (χ3v) is 5.01. The summed E-state index contributed by atoms with van der Waals surface area (Å²) in [6.07, 6.45) is 6.49. The number of carbonyl (C=O) groups excluding carboxylic acids is 1. The molecular formula is C20H30O5Si. The van der Waals surface area contributed by atoms with Crippen LogP contribution < -0.4 is 0 Å². The average molecular weight is 379 g/mol. The van der Waals surface area contributed by atoms with E-state index in [9.17, 15) is 9.90 Å². The van der Waals surface area contributed by atoms with Gasteiger partial charge >= 0.3 is 5.97 Å². The van der Waals surface area contributed by atoms with E-state index in [0.29, 0.717) is 12.8 Å². The fraction of sp³-hybridized carbons (Fsp3) is 0.650. The molecule has 2 aliphatic rings. The van der Waals surface area contributed by atoms with Crippen LogP contribution in [0.3, 0.4) is 0 Å². The Morgan fingerprint density at radius 3 is 2.69 bits per heavy atom. The molecule has 2 heterocycles. The minimum atomic E-state index is -1.55. The van der Waals surface area contributed by atoms with Crippen LogP contribution in [-0.4, -0.2) is 48.8 Å². The number of ether oxygens (including phenoxy) is 3. The summed E-state index contributed by atoms with van der Waals surface area (Å²) in [5, 5.41) is 10.3. The highest BCUT2D eigenvalue weighted by Gasteiger charge is 2.49. The molecule has 5 nitrogen and oxygen atoms in total. The van der Waals surface area contributed by atoms with E-state index in [4.69, 9.17) is 14.2 Å². The number of cyclic esters (lactones) is 1. The van der Waals surface area contributed by atoms with Gasteiger partial charge in [-0.2, -0.15) is 0 Å². The summed E-state index contributed by atoms with van der Waals surface area (Å²) in [6, 6.07) is 0. The molecule has 0 aromatic carbocycles. The zero-order valence-electron chi connectivity index (χ0n) is 16.5. The molecule has 1 saturated heterocycles. The van der Waals surface area contributed by atoms with Crippen molar-refractivity contribution in [1.82, 2.24) is 0 Å². The molecule has 144 valence electrons. The topological polar surface area (TPSA) is 65.0 Å². The lowest BCUT2D eigenvalue weighted by molar-refractivity contribution is -0.154. The summed E-state index contributed by atoms with van der Waals surface area (Å²) in [7, 11) is -1.55. The largest absolute Gasteiger partial charge is 0.455 e. The van der Waals surface area contributed by atoms with E-state index in [1.54, 1.807) is 6.08 Å². The molecule has 2 rings (SSSR count). The Hall–Kier alpha value is -1.39. The van der Waals surface area contributed by atoms with Crippen LogP contribution in [0.4, 0.5) is 0 Å². The van der Waals surface area contributed by atoms with E-state index in [2.05, 4.69) is 31.1 Å². The van der Waals surface area contributed by atoms with Gasteiger partial charge in [-0.25, -0.2) is 4.79 Å². The number of aliphatic hydroxyl groups excluding tert-OH is 1. The summed E-state index contributed by atoms with van der Waals surface area (Å²) in [4.78, 5) is 11.4. The van der Waals surface area contributed by atoms with Crippen molar-refractivity contribution in [2.75, 3.05) is 0 Å². The predicted molar refractivity (Wildman–Crippen MR) is 103 cm³/mol. The van der Waals surface area contributed by atoms with Gasteiger partial charge in [0.2, 0.25) is 0 Å². The maximum absolute atomic E-state index is 11.4. The van der Waals surface area contributed by atoms with E-state index in [-0.39, 0.29) is 18.2 Å². The molecule has 0 aromatic rings. The fourth-order valence-electron chi connectivity index (χ4n) is 3.02. The molecule has 0 aromatic heterocycles. The first-order chi connectivity index (χ1) is 11.9. The number of carbonyl (C=O) groups is 1. The van der Waals surface area contributed by atoms with Crippen molar-refractivity contribution in [2.24, 2.45) is 0 Å². The van der Waals surface area contributed by atoms with Crippen molar-refractivity contribution in [3.05, 3.63) is 24.3 Å². The van der Waals surface area contributed by atoms with Gasteiger partial charge in [0.05, 0.1) is 6.10 Å². The summed E-state index contributed by atoms with van der Waals surface area (Å²) >= 11 is 0. The maximum Gasteiger partial charge on any atom is 0.331 e. The predicted octanol–water partition coefficient (Wildman–Crippen LogP) is 2.96. The molecule has 6 heteroatoms. The molecule has 0 aliphatic carbocycles. The van der Waals surface area contributed by atoms with Gasteiger partial charge in [0, 0.05) is 18.9 Å². The van der Waals surface area contributed by atoms with Crippen molar-refractivity contribution in [2.45, 2.75) is 83.0 Å². The second kappa shape index (κ2) is 7.69.